The van der Waals surface area contributed by atoms with Gasteiger partial charge in [0.15, 0.2) is 0 Å². The molecule has 0 radical (unpaired) electrons. The van der Waals surface area contributed by atoms with E-state index in [2.05, 4.69) is 4.98 Å². The molecular formula is C31H32ClFN4O4. The van der Waals surface area contributed by atoms with E-state index < -0.39 is 40.8 Å². The van der Waals surface area contributed by atoms with Crippen molar-refractivity contribution in [2.24, 2.45) is 11.7 Å². The Hall–Kier alpha value is -3.69. The lowest BCUT2D eigenvalue weighted by Gasteiger charge is -2.35. The van der Waals surface area contributed by atoms with Gasteiger partial charge in [-0.05, 0) is 92.8 Å². The number of fused-ring (bicyclic) bond motifs is 4. The second-order valence-electron chi connectivity index (χ2n) is 11.9. The number of hydrogen-bond donors (Lipinski definition) is 3. The second kappa shape index (κ2) is 9.70. The maximum Gasteiger partial charge on any atom is 0.340 e. The number of amides is 1. The van der Waals surface area contributed by atoms with E-state index >= 15 is 4.39 Å². The summed E-state index contributed by atoms with van der Waals surface area (Å²) in [7, 11) is 0. The number of alkyl halides is 1. The number of nitrogens with one attached hydrogen (secondary N) is 1. The second-order valence-corrected chi connectivity index (χ2v) is 12.3. The first kappa shape index (κ1) is 27.5. The summed E-state index contributed by atoms with van der Waals surface area (Å²) in [5.41, 5.74) is 8.82. The third-order valence-electron chi connectivity index (χ3n) is 9.07. The summed E-state index contributed by atoms with van der Waals surface area (Å²) in [4.78, 5) is 42.6. The number of aliphatic hydroxyl groups is 1. The minimum atomic E-state index is -1.42. The maximum absolute atomic E-state index is 16.3. The van der Waals surface area contributed by atoms with Crippen molar-refractivity contribution in [3.05, 3.63) is 102 Å². The third kappa shape index (κ3) is 4.33. The van der Waals surface area contributed by atoms with E-state index in [1.165, 1.54) is 10.5 Å². The van der Waals surface area contributed by atoms with E-state index in [9.17, 15) is 19.5 Å². The fourth-order valence-electron chi connectivity index (χ4n) is 6.88. The Bertz CT molecular complexity index is 1830. The number of nitrogens with zero attached hydrogens (tertiary/aromatic N) is 2. The van der Waals surface area contributed by atoms with Crippen molar-refractivity contribution < 1.29 is 14.3 Å². The van der Waals surface area contributed by atoms with Crippen molar-refractivity contribution in [1.29, 1.82) is 0 Å². The Balaban J connectivity index is 1.54. The average molecular weight is 579 g/mol. The van der Waals surface area contributed by atoms with Crippen LogP contribution in [0.1, 0.15) is 72.2 Å². The van der Waals surface area contributed by atoms with Crippen LogP contribution in [-0.2, 0) is 17.6 Å². The molecule has 0 aliphatic heterocycles. The van der Waals surface area contributed by atoms with Crippen molar-refractivity contribution in [2.45, 2.75) is 70.1 Å². The van der Waals surface area contributed by atoms with E-state index in [1.54, 1.807) is 51.2 Å². The summed E-state index contributed by atoms with van der Waals surface area (Å²) < 4.78 is 18.6. The van der Waals surface area contributed by atoms with Crippen LogP contribution >= 0.6 is 11.6 Å². The van der Waals surface area contributed by atoms with Gasteiger partial charge in [-0.3, -0.25) is 14.0 Å². The highest BCUT2D eigenvalue weighted by molar-refractivity contribution is 6.33. The van der Waals surface area contributed by atoms with Crippen LogP contribution in [0.4, 0.5) is 4.39 Å². The Kier molecular flexibility index (Phi) is 6.50. The number of aromatic amines is 1. The molecule has 4 atom stereocenters. The highest BCUT2D eigenvalue weighted by atomic mass is 35.5. The van der Waals surface area contributed by atoms with Gasteiger partial charge >= 0.3 is 5.69 Å². The van der Waals surface area contributed by atoms with Gasteiger partial charge in [-0.2, -0.15) is 0 Å². The van der Waals surface area contributed by atoms with Crippen LogP contribution in [0.15, 0.2) is 52.2 Å². The Morgan fingerprint density at radius 2 is 1.98 bits per heavy atom. The first-order chi connectivity index (χ1) is 19.4. The van der Waals surface area contributed by atoms with Crippen molar-refractivity contribution >= 4 is 23.0 Å². The number of pyridine rings is 1. The largest absolute Gasteiger partial charge is 0.390 e. The molecule has 2 aliphatic rings. The molecule has 8 nitrogen and oxygen atoms in total. The molecular weight excluding hydrogens is 547 g/mol. The molecule has 3 heterocycles. The van der Waals surface area contributed by atoms with Crippen LogP contribution < -0.4 is 17.0 Å². The number of hydrogen-bond acceptors (Lipinski definition) is 4. The predicted octanol–water partition coefficient (Wildman–Crippen LogP) is 4.06. The topological polar surface area (TPSA) is 123 Å². The van der Waals surface area contributed by atoms with Gasteiger partial charge in [0, 0.05) is 29.6 Å². The fourth-order valence-corrected chi connectivity index (χ4v) is 7.10. The molecule has 0 saturated carbocycles. The molecule has 214 valence electrons. The third-order valence-corrected chi connectivity index (χ3v) is 9.39. The monoisotopic (exact) mass is 578 g/mol. The van der Waals surface area contributed by atoms with Crippen molar-refractivity contribution in [2.75, 3.05) is 0 Å². The molecule has 0 fully saturated rings. The Morgan fingerprint density at radius 3 is 2.68 bits per heavy atom. The number of benzene rings is 1. The van der Waals surface area contributed by atoms with Gasteiger partial charge in [0.2, 0.25) is 5.91 Å². The van der Waals surface area contributed by atoms with Crippen LogP contribution in [-0.4, -0.2) is 36.7 Å². The quantitative estimate of drug-likeness (QED) is 0.338. The Labute approximate surface area is 240 Å². The van der Waals surface area contributed by atoms with Gasteiger partial charge in [0.1, 0.15) is 6.17 Å². The highest BCUT2D eigenvalue weighted by Gasteiger charge is 2.44. The Morgan fingerprint density at radius 1 is 1.22 bits per heavy atom. The molecule has 3 aromatic heterocycles. The zero-order valence-electron chi connectivity index (χ0n) is 23.1. The fraction of sp³-hybridized carbons (Fsp3) is 0.387. The molecule has 6 rings (SSSR count). The molecule has 4 aromatic rings. The number of halogens is 2. The van der Waals surface area contributed by atoms with Gasteiger partial charge in [0.05, 0.1) is 27.7 Å². The lowest BCUT2D eigenvalue weighted by Crippen LogP contribution is -2.37. The number of carbonyl (C=O) groups excluding carboxylic acids is 1. The zero-order valence-corrected chi connectivity index (χ0v) is 23.8. The number of H-pyrrole nitrogens is 1. The molecule has 0 bridgehead atoms. The van der Waals surface area contributed by atoms with Gasteiger partial charge in [0.25, 0.3) is 5.56 Å². The van der Waals surface area contributed by atoms with Crippen molar-refractivity contribution in [3.63, 3.8) is 0 Å². The summed E-state index contributed by atoms with van der Waals surface area (Å²) in [5, 5.41) is 11.0. The van der Waals surface area contributed by atoms with Crippen LogP contribution in [0.2, 0.25) is 5.02 Å². The number of aromatic nitrogens is 3. The predicted molar refractivity (Wildman–Crippen MR) is 155 cm³/mol. The number of carbonyl (C=O) groups is 1. The molecule has 4 N–H and O–H groups in total. The molecule has 0 saturated heterocycles. The van der Waals surface area contributed by atoms with Crippen molar-refractivity contribution in [1.82, 2.24) is 14.0 Å². The number of nitrogens with two attached hydrogens (primary N) is 1. The van der Waals surface area contributed by atoms with E-state index in [-0.39, 0.29) is 17.4 Å². The molecule has 0 spiro atoms. The maximum atomic E-state index is 16.3. The van der Waals surface area contributed by atoms with Gasteiger partial charge in [-0.25, -0.2) is 13.8 Å². The van der Waals surface area contributed by atoms with E-state index in [1.807, 2.05) is 6.07 Å². The lowest BCUT2D eigenvalue weighted by molar-refractivity contribution is -0.120. The molecule has 1 amide bonds. The van der Waals surface area contributed by atoms with Crippen LogP contribution in [0.5, 0.6) is 0 Å². The highest BCUT2D eigenvalue weighted by Crippen LogP contribution is 2.49. The van der Waals surface area contributed by atoms with Crippen LogP contribution in [0.25, 0.3) is 11.2 Å². The van der Waals surface area contributed by atoms with Gasteiger partial charge in [-0.1, -0.05) is 23.7 Å². The molecule has 10 heteroatoms. The molecule has 2 unspecified atom stereocenters. The smallest absolute Gasteiger partial charge is 0.340 e. The van der Waals surface area contributed by atoms with Gasteiger partial charge in [-0.15, -0.1) is 0 Å². The van der Waals surface area contributed by atoms with Crippen molar-refractivity contribution in [3.8, 4) is 5.69 Å². The number of primary amides is 1. The molecule has 2 aliphatic carbocycles. The van der Waals surface area contributed by atoms with E-state index in [0.29, 0.717) is 40.9 Å². The van der Waals surface area contributed by atoms with Crippen LogP contribution in [0.3, 0.4) is 0 Å². The van der Waals surface area contributed by atoms with E-state index in [4.69, 9.17) is 17.3 Å². The lowest BCUT2D eigenvalue weighted by atomic mass is 9.70. The minimum Gasteiger partial charge on any atom is -0.390 e. The first-order valence-electron chi connectivity index (χ1n) is 13.8. The summed E-state index contributed by atoms with van der Waals surface area (Å²) in [6, 6.07) is 9.74. The average Bonchev–Trinajstić information content (AvgIpc) is 3.28. The summed E-state index contributed by atoms with van der Waals surface area (Å²) in [6.45, 7) is 5.36. The normalized spacial score (nSPS) is 22.4. The molecule has 41 heavy (non-hydrogen) atoms. The van der Waals surface area contributed by atoms with E-state index in [0.717, 1.165) is 27.8 Å². The minimum absolute atomic E-state index is 0.00748. The number of rotatable bonds is 4. The SMILES string of the molecule is Cc1c(C2c3c([nH]c4c3CC[C@H](C(C)(C)O)C4)C(C(N)=O)C[C@H]2F)cccc1-n1c(=O)cc2c(Cl)cccn2c1=O. The summed E-state index contributed by atoms with van der Waals surface area (Å²) in [6.07, 6.45) is 1.95. The molecule has 1 aromatic carbocycles. The first-order valence-corrected chi connectivity index (χ1v) is 14.2. The summed E-state index contributed by atoms with van der Waals surface area (Å²) in [5.74, 6) is -2.12. The van der Waals surface area contributed by atoms with Gasteiger partial charge < -0.3 is 15.8 Å². The summed E-state index contributed by atoms with van der Waals surface area (Å²) >= 11 is 6.24. The standard InChI is InChI=1S/C31H32ClFN4O4/c1-15-17(6-4-8-23(15)37-25(38)14-24-20(32)7-5-11-36(24)30(37)40)26-21(33)13-19(29(34)39)28-27(26)18-10-9-16(31(2,3)41)12-22(18)35-28/h4-8,11,14,16,19,21,26,35,41H,9-10,12-13H2,1-3H3,(H2,34,39)/t16-,19?,21+,26?/m0/s1. The zero-order chi connectivity index (χ0) is 29.4. The van der Waals surface area contributed by atoms with Crippen LogP contribution in [0, 0.1) is 12.8 Å².